The first-order chi connectivity index (χ1) is 18.8. The maximum absolute atomic E-state index is 14.0. The summed E-state index contributed by atoms with van der Waals surface area (Å²) in [5.74, 6) is -12.9. The van der Waals surface area contributed by atoms with Gasteiger partial charge in [-0.1, -0.05) is 31.2 Å². The van der Waals surface area contributed by atoms with Crippen molar-refractivity contribution < 1.29 is 44.0 Å². The molecule has 0 bridgehead atoms. The minimum absolute atomic E-state index is 0.153. The van der Waals surface area contributed by atoms with Crippen LogP contribution in [0.4, 0.5) is 0 Å². The first-order valence-electron chi connectivity index (χ1n) is 12.8. The number of hydrogen-bond donors (Lipinski definition) is 4. The van der Waals surface area contributed by atoms with Gasteiger partial charge in [0, 0.05) is 11.5 Å². The number of ether oxygens (including phenoxy) is 1. The number of phenolic OH excluding ortho intramolecular Hbond substituents is 1. The van der Waals surface area contributed by atoms with E-state index in [4.69, 9.17) is 10.5 Å². The van der Waals surface area contributed by atoms with Gasteiger partial charge in [0.2, 0.25) is 5.91 Å². The standard InChI is InChI=1S/C29H30N2O9/c1-11-14-9-10-15(12-5-7-13(40-4)8-6-12)22(32)17(14)23(33)18-16(11)24(34)20-21(31(2)3)25(35)19(28(30)38)27(37)29(20,39)26(18)36/h5-11,16,18-21,24,32,34,39H,1-4H3,(H2,30,38)/t11-,16+,18?,19?,20+,21-,24-,29-/m1/s1. The smallest absolute Gasteiger partial charge is 0.235 e. The minimum atomic E-state index is -3.03. The Balaban J connectivity index is 1.68. The number of aliphatic hydroxyl groups is 2. The molecule has 0 saturated heterocycles. The van der Waals surface area contributed by atoms with E-state index >= 15 is 0 Å². The third-order valence-corrected chi connectivity index (χ3v) is 8.89. The molecule has 5 rings (SSSR count). The summed E-state index contributed by atoms with van der Waals surface area (Å²) in [6, 6.07) is 8.58. The van der Waals surface area contributed by atoms with E-state index in [0.717, 1.165) is 0 Å². The number of hydrogen-bond acceptors (Lipinski definition) is 10. The number of primary amides is 1. The molecule has 40 heavy (non-hydrogen) atoms. The molecule has 8 atom stereocenters. The third-order valence-electron chi connectivity index (χ3n) is 8.89. The van der Waals surface area contributed by atoms with Crippen LogP contribution in [0.25, 0.3) is 11.1 Å². The summed E-state index contributed by atoms with van der Waals surface area (Å²) in [6.45, 7) is 1.67. The van der Waals surface area contributed by atoms with Crippen LogP contribution in [0.1, 0.15) is 28.8 Å². The molecule has 210 valence electrons. The summed E-state index contributed by atoms with van der Waals surface area (Å²) in [7, 11) is 4.41. The molecule has 0 heterocycles. The molecule has 0 spiro atoms. The van der Waals surface area contributed by atoms with Gasteiger partial charge in [-0.3, -0.25) is 28.9 Å². The van der Waals surface area contributed by atoms with E-state index < -0.39 is 76.4 Å². The van der Waals surface area contributed by atoms with E-state index in [0.29, 0.717) is 22.4 Å². The van der Waals surface area contributed by atoms with E-state index in [9.17, 15) is 39.3 Å². The highest BCUT2D eigenvalue weighted by Gasteiger charge is 2.72. The zero-order valence-corrected chi connectivity index (χ0v) is 22.3. The van der Waals surface area contributed by atoms with Crippen molar-refractivity contribution in [1.82, 2.24) is 4.90 Å². The molecular formula is C29H30N2O9. The maximum atomic E-state index is 14.0. The van der Waals surface area contributed by atoms with Gasteiger partial charge in [0.25, 0.3) is 0 Å². The molecule has 2 saturated carbocycles. The number of carbonyl (C=O) groups is 5. The Morgan fingerprint density at radius 3 is 2.20 bits per heavy atom. The van der Waals surface area contributed by atoms with Gasteiger partial charge in [-0.25, -0.2) is 0 Å². The highest BCUT2D eigenvalue weighted by atomic mass is 16.5. The topological polar surface area (TPSA) is 185 Å². The van der Waals surface area contributed by atoms with Crippen molar-refractivity contribution in [2.75, 3.05) is 21.2 Å². The molecule has 2 aromatic rings. The Hall–Kier alpha value is -3.93. The fourth-order valence-electron chi connectivity index (χ4n) is 6.99. The Morgan fingerprint density at radius 2 is 1.65 bits per heavy atom. The summed E-state index contributed by atoms with van der Waals surface area (Å²) >= 11 is 0. The van der Waals surface area contributed by atoms with Crippen LogP contribution in [0, 0.1) is 23.7 Å². The predicted octanol–water partition coefficient (Wildman–Crippen LogP) is 0.0744. The Morgan fingerprint density at radius 1 is 1.02 bits per heavy atom. The molecule has 11 heteroatoms. The lowest BCUT2D eigenvalue weighted by molar-refractivity contribution is -0.196. The number of benzene rings is 2. The monoisotopic (exact) mass is 550 g/mol. The van der Waals surface area contributed by atoms with Gasteiger partial charge < -0.3 is 25.8 Å². The van der Waals surface area contributed by atoms with Crippen molar-refractivity contribution in [2.45, 2.75) is 30.6 Å². The van der Waals surface area contributed by atoms with Crippen molar-refractivity contribution >= 4 is 29.0 Å². The number of nitrogens with two attached hydrogens (primary N) is 1. The molecule has 2 unspecified atom stereocenters. The molecule has 1 amide bonds. The summed E-state index contributed by atoms with van der Waals surface area (Å²) in [5, 5.41) is 34.7. The summed E-state index contributed by atoms with van der Waals surface area (Å²) in [4.78, 5) is 68.1. The largest absolute Gasteiger partial charge is 0.507 e. The van der Waals surface area contributed by atoms with Gasteiger partial charge in [-0.05, 0) is 43.3 Å². The van der Waals surface area contributed by atoms with Crippen LogP contribution < -0.4 is 10.5 Å². The average molecular weight is 551 g/mol. The van der Waals surface area contributed by atoms with Crippen LogP contribution in [-0.4, -0.2) is 88.2 Å². The zero-order valence-electron chi connectivity index (χ0n) is 22.3. The van der Waals surface area contributed by atoms with Crippen LogP contribution in [0.5, 0.6) is 11.5 Å². The molecule has 3 aliphatic carbocycles. The van der Waals surface area contributed by atoms with Crippen LogP contribution in [-0.2, 0) is 19.2 Å². The first-order valence-corrected chi connectivity index (χ1v) is 12.8. The maximum Gasteiger partial charge on any atom is 0.235 e. The highest BCUT2D eigenvalue weighted by molar-refractivity contribution is 6.32. The summed E-state index contributed by atoms with van der Waals surface area (Å²) < 4.78 is 5.17. The lowest BCUT2D eigenvalue weighted by Gasteiger charge is -2.56. The fraction of sp³-hybridized carbons (Fsp3) is 0.414. The van der Waals surface area contributed by atoms with Crippen LogP contribution in [0.3, 0.4) is 0 Å². The molecule has 3 aliphatic rings. The third kappa shape index (κ3) is 3.51. The van der Waals surface area contributed by atoms with E-state index in [-0.39, 0.29) is 11.3 Å². The van der Waals surface area contributed by atoms with E-state index in [1.54, 1.807) is 43.3 Å². The molecular weight excluding hydrogens is 520 g/mol. The Kier molecular flexibility index (Phi) is 6.44. The number of carbonyl (C=O) groups excluding carboxylic acids is 5. The Labute approximate surface area is 229 Å². The van der Waals surface area contributed by atoms with Crippen LogP contribution in [0.2, 0.25) is 0 Å². The van der Waals surface area contributed by atoms with Gasteiger partial charge >= 0.3 is 0 Å². The molecule has 0 aromatic heterocycles. The molecule has 0 radical (unpaired) electrons. The zero-order chi connectivity index (χ0) is 29.4. The number of ketones is 4. The lowest BCUT2D eigenvalue weighted by Crippen LogP contribution is -2.77. The number of aliphatic hydroxyl groups excluding tert-OH is 1. The van der Waals surface area contributed by atoms with Crippen LogP contribution in [0.15, 0.2) is 36.4 Å². The van der Waals surface area contributed by atoms with Crippen molar-refractivity contribution in [1.29, 1.82) is 0 Å². The number of rotatable bonds is 4. The van der Waals surface area contributed by atoms with Crippen molar-refractivity contribution in [3.8, 4) is 22.6 Å². The molecule has 0 aliphatic heterocycles. The summed E-state index contributed by atoms with van der Waals surface area (Å²) in [6.07, 6.45) is -1.67. The second kappa shape index (κ2) is 9.33. The van der Waals surface area contributed by atoms with Crippen molar-refractivity contribution in [2.24, 2.45) is 29.4 Å². The van der Waals surface area contributed by atoms with Crippen molar-refractivity contribution in [3.63, 3.8) is 0 Å². The second-order valence-corrected chi connectivity index (χ2v) is 11.0. The highest BCUT2D eigenvalue weighted by Crippen LogP contribution is 2.55. The lowest BCUT2D eigenvalue weighted by atomic mass is 9.49. The van der Waals surface area contributed by atoms with E-state index in [1.807, 2.05) is 0 Å². The second-order valence-electron chi connectivity index (χ2n) is 11.0. The number of fused-ring (bicyclic) bond motifs is 3. The van der Waals surface area contributed by atoms with Gasteiger partial charge in [0.05, 0.1) is 36.7 Å². The van der Waals surface area contributed by atoms with Crippen LogP contribution >= 0.6 is 0 Å². The SMILES string of the molecule is COc1ccc(-c2ccc3c(c2O)C(=O)C2C(=O)[C@@]4(O)C(=O)C(C(N)=O)C(=O)[C@H](N(C)C)[C@H]4[C@H](O)[C@H]2[C@@H]3C)cc1. The quantitative estimate of drug-likeness (QED) is 0.380. The van der Waals surface area contributed by atoms with E-state index in [1.165, 1.54) is 26.1 Å². The number of likely N-dealkylation sites (N-methyl/N-ethyl adjacent to an activating group) is 1. The predicted molar refractivity (Wildman–Crippen MR) is 139 cm³/mol. The number of Topliss-reactive ketones (excluding diaryl/α,β-unsaturated/α-hetero) is 4. The number of methoxy groups -OCH3 is 1. The van der Waals surface area contributed by atoms with E-state index in [2.05, 4.69) is 0 Å². The molecule has 5 N–H and O–H groups in total. The van der Waals surface area contributed by atoms with Gasteiger partial charge in [0.15, 0.2) is 34.7 Å². The van der Waals surface area contributed by atoms with Gasteiger partial charge in [-0.2, -0.15) is 0 Å². The van der Waals surface area contributed by atoms with Crippen molar-refractivity contribution in [3.05, 3.63) is 47.5 Å². The average Bonchev–Trinajstić information content (AvgIpc) is 2.90. The normalized spacial score (nSPS) is 33.3. The number of phenols is 1. The first kappa shape index (κ1) is 27.6. The fourth-order valence-corrected chi connectivity index (χ4v) is 6.99. The number of nitrogens with zero attached hydrogens (tertiary/aromatic N) is 1. The number of aromatic hydroxyl groups is 1. The minimum Gasteiger partial charge on any atom is -0.507 e. The molecule has 2 aromatic carbocycles. The molecule has 11 nitrogen and oxygen atoms in total. The number of amides is 1. The summed E-state index contributed by atoms with van der Waals surface area (Å²) in [5.41, 5.74) is 3.40. The van der Waals surface area contributed by atoms with Gasteiger partial charge in [0.1, 0.15) is 11.5 Å². The molecule has 2 fully saturated rings. The Bertz CT molecular complexity index is 1470. The van der Waals surface area contributed by atoms with Gasteiger partial charge in [-0.15, -0.1) is 0 Å².